The molecule has 0 aliphatic carbocycles. The van der Waals surface area contributed by atoms with Gasteiger partial charge in [-0.25, -0.2) is 0 Å². The second-order valence-electron chi connectivity index (χ2n) is 4.69. The molecule has 0 aromatic heterocycles. The van der Waals surface area contributed by atoms with Gasteiger partial charge < -0.3 is 14.4 Å². The summed E-state index contributed by atoms with van der Waals surface area (Å²) in [5, 5.41) is 0. The summed E-state index contributed by atoms with van der Waals surface area (Å²) in [5.74, 6) is 0.906. The standard InChI is InChI=1S/C16H21NO3/c1-2-11-20-15-6-3-14(4-7-15)5-8-16(18)17-9-12-19-13-10-17/h3-8H,2,9-13H2,1H3/b8-5-. The van der Waals surface area contributed by atoms with E-state index in [9.17, 15) is 4.79 Å². The highest BCUT2D eigenvalue weighted by molar-refractivity contribution is 5.91. The normalized spacial score (nSPS) is 15.6. The Morgan fingerprint density at radius 2 is 2.00 bits per heavy atom. The van der Waals surface area contributed by atoms with Crippen LogP contribution in [-0.2, 0) is 9.53 Å². The number of amides is 1. The third-order valence-corrected chi connectivity index (χ3v) is 3.09. The molecule has 2 rings (SSSR count). The van der Waals surface area contributed by atoms with Crippen molar-refractivity contribution in [1.82, 2.24) is 4.90 Å². The number of carbonyl (C=O) groups is 1. The molecule has 1 aromatic carbocycles. The molecule has 0 bridgehead atoms. The molecule has 0 atom stereocenters. The summed E-state index contributed by atoms with van der Waals surface area (Å²) < 4.78 is 10.7. The molecule has 1 fully saturated rings. The minimum atomic E-state index is 0.0413. The summed E-state index contributed by atoms with van der Waals surface area (Å²) in [5.41, 5.74) is 0.996. The van der Waals surface area contributed by atoms with Crippen LogP contribution in [0.15, 0.2) is 30.3 Å². The van der Waals surface area contributed by atoms with Gasteiger partial charge in [0.2, 0.25) is 5.91 Å². The van der Waals surface area contributed by atoms with Crippen LogP contribution in [0.25, 0.3) is 6.08 Å². The maximum absolute atomic E-state index is 11.9. The van der Waals surface area contributed by atoms with Gasteiger partial charge in [0.1, 0.15) is 5.75 Å². The summed E-state index contributed by atoms with van der Waals surface area (Å²) >= 11 is 0. The Balaban J connectivity index is 1.88. The molecule has 0 unspecified atom stereocenters. The van der Waals surface area contributed by atoms with Crippen LogP contribution in [0.5, 0.6) is 5.75 Å². The molecule has 0 spiro atoms. The third-order valence-electron chi connectivity index (χ3n) is 3.09. The summed E-state index contributed by atoms with van der Waals surface area (Å²) in [4.78, 5) is 13.7. The van der Waals surface area contributed by atoms with Gasteiger partial charge in [-0.1, -0.05) is 19.1 Å². The Morgan fingerprint density at radius 3 is 2.65 bits per heavy atom. The number of ether oxygens (including phenoxy) is 2. The maximum atomic E-state index is 11.9. The van der Waals surface area contributed by atoms with Crippen LogP contribution < -0.4 is 4.74 Å². The molecule has 1 amide bonds. The first kappa shape index (κ1) is 14.6. The summed E-state index contributed by atoms with van der Waals surface area (Å²) in [6, 6.07) is 7.76. The van der Waals surface area contributed by atoms with E-state index in [1.165, 1.54) is 0 Å². The van der Waals surface area contributed by atoms with Crippen LogP contribution in [0.1, 0.15) is 18.9 Å². The van der Waals surface area contributed by atoms with Crippen molar-refractivity contribution in [1.29, 1.82) is 0 Å². The molecule has 1 saturated heterocycles. The van der Waals surface area contributed by atoms with Gasteiger partial charge >= 0.3 is 0 Å². The lowest BCUT2D eigenvalue weighted by molar-refractivity contribution is -0.129. The molecule has 108 valence electrons. The molecule has 1 aromatic rings. The zero-order valence-corrected chi connectivity index (χ0v) is 11.9. The SMILES string of the molecule is CCCOc1ccc(/C=C\C(=O)N2CCOCC2)cc1. The first-order valence-electron chi connectivity index (χ1n) is 7.07. The van der Waals surface area contributed by atoms with Crippen LogP contribution in [0.2, 0.25) is 0 Å². The van der Waals surface area contributed by atoms with Crippen molar-refractivity contribution in [2.45, 2.75) is 13.3 Å². The zero-order valence-electron chi connectivity index (χ0n) is 11.9. The lowest BCUT2D eigenvalue weighted by atomic mass is 10.2. The molecule has 1 aliphatic rings. The fraction of sp³-hybridized carbons (Fsp3) is 0.438. The van der Waals surface area contributed by atoms with Gasteiger partial charge in [0.15, 0.2) is 0 Å². The third kappa shape index (κ3) is 4.38. The van der Waals surface area contributed by atoms with Crippen LogP contribution in [-0.4, -0.2) is 43.7 Å². The average molecular weight is 275 g/mol. The smallest absolute Gasteiger partial charge is 0.246 e. The minimum absolute atomic E-state index is 0.0413. The molecule has 0 saturated carbocycles. The highest BCUT2D eigenvalue weighted by Crippen LogP contribution is 2.13. The minimum Gasteiger partial charge on any atom is -0.494 e. The average Bonchev–Trinajstić information content (AvgIpc) is 2.52. The predicted molar refractivity (Wildman–Crippen MR) is 78.7 cm³/mol. The Hall–Kier alpha value is -1.81. The maximum Gasteiger partial charge on any atom is 0.246 e. The first-order chi connectivity index (χ1) is 9.79. The van der Waals surface area contributed by atoms with Crippen LogP contribution >= 0.6 is 0 Å². The Bertz CT molecular complexity index is 447. The molecule has 1 heterocycles. The second kappa shape index (κ2) is 7.70. The first-order valence-corrected chi connectivity index (χ1v) is 7.07. The zero-order chi connectivity index (χ0) is 14.2. The van der Waals surface area contributed by atoms with E-state index in [0.717, 1.165) is 24.3 Å². The van der Waals surface area contributed by atoms with Crippen molar-refractivity contribution in [3.8, 4) is 5.75 Å². The fourth-order valence-electron chi connectivity index (χ4n) is 1.95. The second-order valence-corrected chi connectivity index (χ2v) is 4.69. The predicted octanol–water partition coefficient (Wildman–Crippen LogP) is 2.35. The molecule has 4 nitrogen and oxygen atoms in total. The van der Waals surface area contributed by atoms with Crippen LogP contribution in [0.4, 0.5) is 0 Å². The Labute approximate surface area is 120 Å². The van der Waals surface area contributed by atoms with Crippen molar-refractivity contribution in [2.75, 3.05) is 32.9 Å². The topological polar surface area (TPSA) is 38.8 Å². The van der Waals surface area contributed by atoms with Crippen molar-refractivity contribution in [2.24, 2.45) is 0 Å². The highest BCUT2D eigenvalue weighted by atomic mass is 16.5. The van der Waals surface area contributed by atoms with Gasteiger partial charge in [-0.05, 0) is 30.2 Å². The van der Waals surface area contributed by atoms with Crippen molar-refractivity contribution >= 4 is 12.0 Å². The molecule has 4 heteroatoms. The molecular formula is C16H21NO3. The number of morpholine rings is 1. The van der Waals surface area contributed by atoms with E-state index in [-0.39, 0.29) is 5.91 Å². The van der Waals surface area contributed by atoms with E-state index in [0.29, 0.717) is 26.3 Å². The van der Waals surface area contributed by atoms with E-state index in [2.05, 4.69) is 6.92 Å². The quantitative estimate of drug-likeness (QED) is 0.774. The molecule has 0 radical (unpaired) electrons. The van der Waals surface area contributed by atoms with Gasteiger partial charge in [0.05, 0.1) is 19.8 Å². The number of hydrogen-bond donors (Lipinski definition) is 0. The molecular weight excluding hydrogens is 254 g/mol. The van der Waals surface area contributed by atoms with E-state index in [1.807, 2.05) is 30.3 Å². The molecule has 1 aliphatic heterocycles. The molecule has 0 N–H and O–H groups in total. The summed E-state index contributed by atoms with van der Waals surface area (Å²) in [6.45, 7) is 5.41. The fourth-order valence-corrected chi connectivity index (χ4v) is 1.95. The van der Waals surface area contributed by atoms with E-state index >= 15 is 0 Å². The van der Waals surface area contributed by atoms with Gasteiger partial charge in [0, 0.05) is 19.2 Å². The van der Waals surface area contributed by atoms with E-state index in [1.54, 1.807) is 11.0 Å². The van der Waals surface area contributed by atoms with Crippen molar-refractivity contribution < 1.29 is 14.3 Å². The molecule has 20 heavy (non-hydrogen) atoms. The van der Waals surface area contributed by atoms with Gasteiger partial charge in [-0.3, -0.25) is 4.79 Å². The highest BCUT2D eigenvalue weighted by Gasteiger charge is 2.13. The number of carbonyl (C=O) groups excluding carboxylic acids is 1. The number of hydrogen-bond acceptors (Lipinski definition) is 3. The number of rotatable bonds is 5. The van der Waals surface area contributed by atoms with Gasteiger partial charge in [-0.2, -0.15) is 0 Å². The number of benzene rings is 1. The lowest BCUT2D eigenvalue weighted by Crippen LogP contribution is -2.39. The van der Waals surface area contributed by atoms with E-state index < -0.39 is 0 Å². The number of nitrogens with zero attached hydrogens (tertiary/aromatic N) is 1. The monoisotopic (exact) mass is 275 g/mol. The summed E-state index contributed by atoms with van der Waals surface area (Å²) in [7, 11) is 0. The van der Waals surface area contributed by atoms with Gasteiger partial charge in [-0.15, -0.1) is 0 Å². The Kier molecular flexibility index (Phi) is 5.62. The van der Waals surface area contributed by atoms with Crippen LogP contribution in [0, 0.1) is 0 Å². The van der Waals surface area contributed by atoms with Gasteiger partial charge in [0.25, 0.3) is 0 Å². The van der Waals surface area contributed by atoms with E-state index in [4.69, 9.17) is 9.47 Å². The van der Waals surface area contributed by atoms with Crippen molar-refractivity contribution in [3.05, 3.63) is 35.9 Å². The Morgan fingerprint density at radius 1 is 1.30 bits per heavy atom. The van der Waals surface area contributed by atoms with Crippen LogP contribution in [0.3, 0.4) is 0 Å². The summed E-state index contributed by atoms with van der Waals surface area (Å²) in [6.07, 6.45) is 4.45. The van der Waals surface area contributed by atoms with Crippen molar-refractivity contribution in [3.63, 3.8) is 0 Å². The lowest BCUT2D eigenvalue weighted by Gasteiger charge is -2.25. The largest absolute Gasteiger partial charge is 0.494 e.